The summed E-state index contributed by atoms with van der Waals surface area (Å²) in [4.78, 5) is 7.30. The molecule has 0 fully saturated rings. The fraction of sp³-hybridized carbons (Fsp3) is 0.100. The van der Waals surface area contributed by atoms with Gasteiger partial charge >= 0.3 is 0 Å². The van der Waals surface area contributed by atoms with Gasteiger partial charge < -0.3 is 10.7 Å². The van der Waals surface area contributed by atoms with E-state index >= 15 is 0 Å². The smallest absolute Gasteiger partial charge is 0.139 e. The van der Waals surface area contributed by atoms with E-state index in [0.717, 1.165) is 17.1 Å². The maximum atomic E-state index is 6.02. The van der Waals surface area contributed by atoms with E-state index in [9.17, 15) is 0 Å². The van der Waals surface area contributed by atoms with Crippen LogP contribution in [0.15, 0.2) is 24.4 Å². The molecule has 0 aliphatic rings. The topological polar surface area (TPSA) is 54.7 Å². The lowest BCUT2D eigenvalue weighted by Crippen LogP contribution is -1.88. The van der Waals surface area contributed by atoms with Gasteiger partial charge in [0.2, 0.25) is 0 Å². The molecule has 72 valence electrons. The summed E-state index contributed by atoms with van der Waals surface area (Å²) in [6.45, 7) is 1.94. The zero-order chi connectivity index (χ0) is 10.1. The predicted molar refractivity (Wildman–Crippen MR) is 58.2 cm³/mol. The van der Waals surface area contributed by atoms with Gasteiger partial charge in [-0.1, -0.05) is 11.6 Å². The molecule has 0 spiro atoms. The van der Waals surface area contributed by atoms with E-state index in [2.05, 4.69) is 9.97 Å². The summed E-state index contributed by atoms with van der Waals surface area (Å²) in [5.41, 5.74) is 8.18. The highest BCUT2D eigenvalue weighted by molar-refractivity contribution is 6.33. The third kappa shape index (κ3) is 1.59. The van der Waals surface area contributed by atoms with Crippen LogP contribution in [0, 0.1) is 6.92 Å². The number of hydrogen-bond donors (Lipinski definition) is 2. The normalized spacial score (nSPS) is 10.4. The average Bonchev–Trinajstić information content (AvgIpc) is 2.56. The summed E-state index contributed by atoms with van der Waals surface area (Å²) in [5, 5.41) is 0.647. The summed E-state index contributed by atoms with van der Waals surface area (Å²) in [7, 11) is 0. The molecule has 2 aromatic rings. The van der Waals surface area contributed by atoms with Crippen LogP contribution in [-0.4, -0.2) is 9.97 Å². The van der Waals surface area contributed by atoms with Gasteiger partial charge in [0.15, 0.2) is 0 Å². The number of aromatic nitrogens is 2. The van der Waals surface area contributed by atoms with Crippen molar-refractivity contribution in [3.8, 4) is 11.4 Å². The molecule has 1 heterocycles. The van der Waals surface area contributed by atoms with Crippen molar-refractivity contribution in [1.82, 2.24) is 9.97 Å². The highest BCUT2D eigenvalue weighted by Crippen LogP contribution is 2.27. The number of anilines is 1. The lowest BCUT2D eigenvalue weighted by molar-refractivity contribution is 1.26. The van der Waals surface area contributed by atoms with Gasteiger partial charge in [0.25, 0.3) is 0 Å². The van der Waals surface area contributed by atoms with Gasteiger partial charge in [0.05, 0.1) is 5.02 Å². The first-order valence-corrected chi connectivity index (χ1v) is 4.61. The number of halogens is 1. The number of nitrogens with two attached hydrogens (primary N) is 1. The monoisotopic (exact) mass is 207 g/mol. The lowest BCUT2D eigenvalue weighted by atomic mass is 10.2. The second kappa shape index (κ2) is 3.35. The van der Waals surface area contributed by atoms with Crippen LogP contribution in [0.25, 0.3) is 11.4 Å². The number of aryl methyl sites for hydroxylation is 1. The molecular formula is C10H10ClN3. The largest absolute Gasteiger partial charge is 0.399 e. The highest BCUT2D eigenvalue weighted by atomic mass is 35.5. The molecule has 2 rings (SSSR count). The maximum Gasteiger partial charge on any atom is 0.139 e. The SMILES string of the molecule is Cc1cnc(-c2cc(N)ccc2Cl)[nH]1. The van der Waals surface area contributed by atoms with E-state index < -0.39 is 0 Å². The van der Waals surface area contributed by atoms with Crippen LogP contribution in [-0.2, 0) is 0 Å². The van der Waals surface area contributed by atoms with Crippen LogP contribution < -0.4 is 5.73 Å². The van der Waals surface area contributed by atoms with E-state index in [4.69, 9.17) is 17.3 Å². The summed E-state index contributed by atoms with van der Waals surface area (Å²) < 4.78 is 0. The fourth-order valence-corrected chi connectivity index (χ4v) is 1.48. The van der Waals surface area contributed by atoms with E-state index in [-0.39, 0.29) is 0 Å². The number of imidazole rings is 1. The van der Waals surface area contributed by atoms with Gasteiger partial charge in [0.1, 0.15) is 5.82 Å². The second-order valence-electron chi connectivity index (χ2n) is 3.15. The molecule has 0 unspecified atom stereocenters. The van der Waals surface area contributed by atoms with Crippen molar-refractivity contribution in [3.05, 3.63) is 35.1 Å². The van der Waals surface area contributed by atoms with Crippen LogP contribution in [0.3, 0.4) is 0 Å². The van der Waals surface area contributed by atoms with Crippen molar-refractivity contribution in [2.24, 2.45) is 0 Å². The Morgan fingerprint density at radius 3 is 2.86 bits per heavy atom. The average molecular weight is 208 g/mol. The Hall–Kier alpha value is -1.48. The van der Waals surface area contributed by atoms with E-state index in [1.807, 2.05) is 6.92 Å². The lowest BCUT2D eigenvalue weighted by Gasteiger charge is -2.01. The molecule has 0 bridgehead atoms. The quantitative estimate of drug-likeness (QED) is 0.707. The minimum atomic E-state index is 0.647. The van der Waals surface area contributed by atoms with Crippen molar-refractivity contribution in [3.63, 3.8) is 0 Å². The van der Waals surface area contributed by atoms with Crippen LogP contribution in [0.4, 0.5) is 5.69 Å². The fourth-order valence-electron chi connectivity index (χ4n) is 1.27. The van der Waals surface area contributed by atoms with Gasteiger partial charge in [-0.25, -0.2) is 4.98 Å². The first-order valence-electron chi connectivity index (χ1n) is 4.24. The van der Waals surface area contributed by atoms with Crippen LogP contribution in [0.1, 0.15) is 5.69 Å². The molecule has 0 saturated heterocycles. The van der Waals surface area contributed by atoms with Crippen LogP contribution in [0.2, 0.25) is 5.02 Å². The minimum absolute atomic E-state index is 0.647. The molecular weight excluding hydrogens is 198 g/mol. The van der Waals surface area contributed by atoms with Crippen LogP contribution >= 0.6 is 11.6 Å². The zero-order valence-corrected chi connectivity index (χ0v) is 8.47. The number of nitrogens with zero attached hydrogens (tertiary/aromatic N) is 1. The van der Waals surface area contributed by atoms with E-state index in [1.54, 1.807) is 24.4 Å². The Balaban J connectivity index is 2.55. The van der Waals surface area contributed by atoms with Crippen molar-refractivity contribution < 1.29 is 0 Å². The highest BCUT2D eigenvalue weighted by Gasteiger charge is 2.06. The van der Waals surface area contributed by atoms with Gasteiger partial charge in [-0.15, -0.1) is 0 Å². The van der Waals surface area contributed by atoms with Crippen molar-refractivity contribution in [2.75, 3.05) is 5.73 Å². The molecule has 1 aromatic heterocycles. The first kappa shape index (κ1) is 9.09. The zero-order valence-electron chi connectivity index (χ0n) is 7.71. The Kier molecular flexibility index (Phi) is 2.17. The Labute approximate surface area is 86.9 Å². The van der Waals surface area contributed by atoms with E-state index in [0.29, 0.717) is 10.7 Å². The van der Waals surface area contributed by atoms with Gasteiger partial charge in [-0.2, -0.15) is 0 Å². The van der Waals surface area contributed by atoms with E-state index in [1.165, 1.54) is 0 Å². The molecule has 0 atom stereocenters. The number of hydrogen-bond acceptors (Lipinski definition) is 2. The number of nitrogen functional groups attached to an aromatic ring is 1. The van der Waals surface area contributed by atoms with Crippen molar-refractivity contribution in [2.45, 2.75) is 6.92 Å². The molecule has 0 radical (unpaired) electrons. The Bertz CT molecular complexity index is 462. The molecule has 0 aliphatic carbocycles. The third-order valence-corrected chi connectivity index (χ3v) is 2.28. The second-order valence-corrected chi connectivity index (χ2v) is 3.56. The van der Waals surface area contributed by atoms with Crippen LogP contribution in [0.5, 0.6) is 0 Å². The van der Waals surface area contributed by atoms with Gasteiger partial charge in [-0.3, -0.25) is 0 Å². The first-order chi connectivity index (χ1) is 6.66. The Morgan fingerprint density at radius 2 is 2.21 bits per heavy atom. The number of nitrogens with one attached hydrogen (secondary N) is 1. The Morgan fingerprint density at radius 1 is 1.43 bits per heavy atom. The molecule has 0 saturated carbocycles. The number of H-pyrrole nitrogens is 1. The van der Waals surface area contributed by atoms with Gasteiger partial charge in [0, 0.05) is 23.1 Å². The summed E-state index contributed by atoms with van der Waals surface area (Å²) in [6, 6.07) is 5.34. The number of benzene rings is 1. The standard InChI is InChI=1S/C10H10ClN3/c1-6-5-13-10(14-6)8-4-7(12)2-3-9(8)11/h2-5H,12H2,1H3,(H,13,14). The molecule has 14 heavy (non-hydrogen) atoms. The molecule has 0 aliphatic heterocycles. The summed E-state index contributed by atoms with van der Waals surface area (Å²) in [5.74, 6) is 0.750. The molecule has 4 heteroatoms. The van der Waals surface area contributed by atoms with Crippen molar-refractivity contribution >= 4 is 17.3 Å². The predicted octanol–water partition coefficient (Wildman–Crippen LogP) is 2.62. The number of aromatic amines is 1. The van der Waals surface area contributed by atoms with Gasteiger partial charge in [-0.05, 0) is 25.1 Å². The minimum Gasteiger partial charge on any atom is -0.399 e. The third-order valence-electron chi connectivity index (χ3n) is 1.95. The maximum absolute atomic E-state index is 6.02. The molecule has 0 amide bonds. The summed E-state index contributed by atoms with van der Waals surface area (Å²) in [6.07, 6.45) is 1.76. The molecule has 3 nitrogen and oxygen atoms in total. The van der Waals surface area contributed by atoms with Crippen molar-refractivity contribution in [1.29, 1.82) is 0 Å². The number of rotatable bonds is 1. The molecule has 3 N–H and O–H groups in total. The molecule has 1 aromatic carbocycles. The summed E-state index contributed by atoms with van der Waals surface area (Å²) >= 11 is 6.02.